The van der Waals surface area contributed by atoms with Gasteiger partial charge in [0.05, 0.1) is 17.6 Å². The van der Waals surface area contributed by atoms with Crippen molar-refractivity contribution in [3.05, 3.63) is 18.1 Å². The molecule has 1 aliphatic heterocycles. The lowest BCUT2D eigenvalue weighted by atomic mass is 10.1. The van der Waals surface area contributed by atoms with E-state index in [9.17, 15) is 4.39 Å². The van der Waals surface area contributed by atoms with E-state index in [1.165, 1.54) is 25.3 Å². The lowest BCUT2D eigenvalue weighted by Crippen LogP contribution is -2.21. The Morgan fingerprint density at radius 2 is 2.10 bits per heavy atom. The van der Waals surface area contributed by atoms with Crippen LogP contribution in [0.3, 0.4) is 0 Å². The second-order valence-corrected chi connectivity index (χ2v) is 6.91. The second-order valence-electron chi connectivity index (χ2n) is 6.91. The van der Waals surface area contributed by atoms with Crippen LogP contribution in [0.1, 0.15) is 39.2 Å². The van der Waals surface area contributed by atoms with Crippen molar-refractivity contribution in [2.24, 2.45) is 5.41 Å². The Morgan fingerprint density at radius 1 is 1.33 bits per heavy atom. The molecule has 0 unspecified atom stereocenters. The number of nitrogen functional groups attached to an aromatic ring is 1. The van der Waals surface area contributed by atoms with Crippen LogP contribution in [-0.2, 0) is 0 Å². The zero-order valence-corrected chi connectivity index (χ0v) is 12.6. The van der Waals surface area contributed by atoms with E-state index in [1.807, 2.05) is 13.8 Å². The first-order valence-electron chi connectivity index (χ1n) is 7.71. The molecule has 1 saturated heterocycles. The van der Waals surface area contributed by atoms with Crippen LogP contribution in [0, 0.1) is 11.2 Å². The van der Waals surface area contributed by atoms with Gasteiger partial charge in [0.25, 0.3) is 0 Å². The van der Waals surface area contributed by atoms with Crippen LogP contribution < -0.4 is 10.6 Å². The molecule has 1 saturated carbocycles. The molecule has 2 aromatic rings. The molecule has 21 heavy (non-hydrogen) atoms. The van der Waals surface area contributed by atoms with E-state index in [-0.39, 0.29) is 11.9 Å². The molecule has 4 rings (SSSR count). The third-order valence-electron chi connectivity index (χ3n) is 5.03. The SMILES string of the molecule is CC(C)n1ncc2c(N3CCC4(CC4)C3)c(N)cc(F)c21. The van der Waals surface area contributed by atoms with Crippen LogP contribution in [0.5, 0.6) is 0 Å². The molecule has 112 valence electrons. The van der Waals surface area contributed by atoms with Crippen LogP contribution in [-0.4, -0.2) is 22.9 Å². The van der Waals surface area contributed by atoms with Crippen LogP contribution in [0.2, 0.25) is 0 Å². The van der Waals surface area contributed by atoms with Crippen molar-refractivity contribution in [2.45, 2.75) is 39.2 Å². The summed E-state index contributed by atoms with van der Waals surface area (Å²) in [5, 5.41) is 5.22. The third kappa shape index (κ3) is 1.83. The van der Waals surface area contributed by atoms with Crippen molar-refractivity contribution in [3.63, 3.8) is 0 Å². The fourth-order valence-corrected chi connectivity index (χ4v) is 3.66. The maximum atomic E-state index is 14.4. The standard InChI is InChI=1S/C16H21FN4/c1-10(2)21-14-11(8-19-21)15(13(18)7-12(14)17)20-6-5-16(9-20)3-4-16/h7-8,10H,3-6,9,18H2,1-2H3. The number of rotatable bonds is 2. The lowest BCUT2D eigenvalue weighted by molar-refractivity contribution is 0.535. The molecule has 2 aliphatic rings. The van der Waals surface area contributed by atoms with Gasteiger partial charge in [0, 0.05) is 30.6 Å². The number of anilines is 2. The Bertz CT molecular complexity index is 715. The molecule has 0 atom stereocenters. The van der Waals surface area contributed by atoms with Gasteiger partial charge in [-0.25, -0.2) is 4.39 Å². The number of hydrogen-bond donors (Lipinski definition) is 1. The van der Waals surface area contributed by atoms with Gasteiger partial charge in [-0.1, -0.05) is 0 Å². The van der Waals surface area contributed by atoms with E-state index in [0.717, 1.165) is 24.2 Å². The lowest BCUT2D eigenvalue weighted by Gasteiger charge is -2.22. The molecule has 0 radical (unpaired) electrons. The number of aromatic nitrogens is 2. The summed E-state index contributed by atoms with van der Waals surface area (Å²) >= 11 is 0. The molecular formula is C16H21FN4. The normalized spacial score (nSPS) is 20.1. The number of nitrogens with two attached hydrogens (primary N) is 1. The molecule has 1 aromatic heterocycles. The predicted molar refractivity (Wildman–Crippen MR) is 83.0 cm³/mol. The summed E-state index contributed by atoms with van der Waals surface area (Å²) < 4.78 is 16.1. The van der Waals surface area contributed by atoms with Crippen molar-refractivity contribution in [1.29, 1.82) is 0 Å². The highest BCUT2D eigenvalue weighted by atomic mass is 19.1. The van der Waals surface area contributed by atoms with Crippen molar-refractivity contribution in [3.8, 4) is 0 Å². The van der Waals surface area contributed by atoms with Crippen LogP contribution in [0.25, 0.3) is 10.9 Å². The fourth-order valence-electron chi connectivity index (χ4n) is 3.66. The highest BCUT2D eigenvalue weighted by molar-refractivity contribution is 5.99. The van der Waals surface area contributed by atoms with Gasteiger partial charge in [-0.15, -0.1) is 0 Å². The molecular weight excluding hydrogens is 267 g/mol. The van der Waals surface area contributed by atoms with Gasteiger partial charge in [-0.05, 0) is 38.5 Å². The van der Waals surface area contributed by atoms with Gasteiger partial charge in [-0.3, -0.25) is 4.68 Å². The molecule has 4 nitrogen and oxygen atoms in total. The molecule has 2 N–H and O–H groups in total. The van der Waals surface area contributed by atoms with E-state index in [0.29, 0.717) is 16.6 Å². The number of halogens is 1. The number of benzene rings is 1. The second kappa shape index (κ2) is 4.12. The summed E-state index contributed by atoms with van der Waals surface area (Å²) in [5.74, 6) is -0.280. The first-order chi connectivity index (χ1) is 10.0. The molecule has 0 bridgehead atoms. The Hall–Kier alpha value is -1.78. The van der Waals surface area contributed by atoms with Gasteiger partial charge in [0.2, 0.25) is 0 Å². The minimum Gasteiger partial charge on any atom is -0.397 e. The topological polar surface area (TPSA) is 47.1 Å². The summed E-state index contributed by atoms with van der Waals surface area (Å²) in [6.45, 7) is 6.08. The first kappa shape index (κ1) is 12.9. The Balaban J connectivity index is 1.88. The third-order valence-corrected chi connectivity index (χ3v) is 5.03. The van der Waals surface area contributed by atoms with Crippen molar-refractivity contribution in [2.75, 3.05) is 23.7 Å². The average Bonchev–Trinajstić information content (AvgIpc) is 2.85. The largest absolute Gasteiger partial charge is 0.397 e. The quantitative estimate of drug-likeness (QED) is 0.862. The maximum absolute atomic E-state index is 14.4. The molecule has 5 heteroatoms. The Labute approximate surface area is 123 Å². The van der Waals surface area contributed by atoms with Crippen molar-refractivity contribution < 1.29 is 4.39 Å². The van der Waals surface area contributed by atoms with E-state index in [4.69, 9.17) is 5.73 Å². The average molecular weight is 288 g/mol. The number of fused-ring (bicyclic) bond motifs is 1. The first-order valence-corrected chi connectivity index (χ1v) is 7.71. The number of hydrogen-bond acceptors (Lipinski definition) is 3. The molecule has 2 fully saturated rings. The summed E-state index contributed by atoms with van der Waals surface area (Å²) in [6.07, 6.45) is 5.63. The van der Waals surface area contributed by atoms with E-state index in [1.54, 1.807) is 10.9 Å². The van der Waals surface area contributed by atoms with E-state index < -0.39 is 0 Å². The molecule has 2 heterocycles. The van der Waals surface area contributed by atoms with E-state index in [2.05, 4.69) is 10.00 Å². The van der Waals surface area contributed by atoms with Gasteiger partial charge in [0.1, 0.15) is 5.52 Å². The monoisotopic (exact) mass is 288 g/mol. The minimum atomic E-state index is -0.280. The van der Waals surface area contributed by atoms with Gasteiger partial charge in [-0.2, -0.15) is 5.10 Å². The highest BCUT2D eigenvalue weighted by Crippen LogP contribution is 2.54. The zero-order chi connectivity index (χ0) is 14.8. The Kier molecular flexibility index (Phi) is 2.53. The smallest absolute Gasteiger partial charge is 0.151 e. The summed E-state index contributed by atoms with van der Waals surface area (Å²) in [6, 6.07) is 1.58. The van der Waals surface area contributed by atoms with Crippen LogP contribution in [0.15, 0.2) is 12.3 Å². The molecule has 1 spiro atoms. The molecule has 1 aromatic carbocycles. The Morgan fingerprint density at radius 3 is 2.71 bits per heavy atom. The highest BCUT2D eigenvalue weighted by Gasteiger charge is 2.48. The fraction of sp³-hybridized carbons (Fsp3) is 0.562. The van der Waals surface area contributed by atoms with Crippen molar-refractivity contribution in [1.82, 2.24) is 9.78 Å². The summed E-state index contributed by atoms with van der Waals surface area (Å²) in [7, 11) is 0. The van der Waals surface area contributed by atoms with Crippen LogP contribution >= 0.6 is 0 Å². The van der Waals surface area contributed by atoms with Gasteiger partial charge < -0.3 is 10.6 Å². The van der Waals surface area contributed by atoms with Crippen molar-refractivity contribution >= 4 is 22.3 Å². The number of nitrogens with zero attached hydrogens (tertiary/aromatic N) is 3. The van der Waals surface area contributed by atoms with Gasteiger partial charge >= 0.3 is 0 Å². The van der Waals surface area contributed by atoms with E-state index >= 15 is 0 Å². The molecule has 1 aliphatic carbocycles. The minimum absolute atomic E-state index is 0.127. The summed E-state index contributed by atoms with van der Waals surface area (Å²) in [4.78, 5) is 2.33. The maximum Gasteiger partial charge on any atom is 0.151 e. The van der Waals surface area contributed by atoms with Crippen LogP contribution in [0.4, 0.5) is 15.8 Å². The predicted octanol–water partition coefficient (Wildman–Crippen LogP) is 3.33. The zero-order valence-electron chi connectivity index (χ0n) is 12.6. The molecule has 0 amide bonds. The van der Waals surface area contributed by atoms with Gasteiger partial charge in [0.15, 0.2) is 5.82 Å². The summed E-state index contributed by atoms with van der Waals surface area (Å²) in [5.41, 5.74) is 8.74.